The Morgan fingerprint density at radius 3 is 2.47 bits per heavy atom. The molecule has 2 unspecified atom stereocenters. The minimum Gasteiger partial charge on any atom is -0.444 e. The van der Waals surface area contributed by atoms with E-state index in [0.717, 1.165) is 42.6 Å². The summed E-state index contributed by atoms with van der Waals surface area (Å²) < 4.78 is 13.8. The molecular formula is C37H50N4O5S. The van der Waals surface area contributed by atoms with Crippen LogP contribution in [0.15, 0.2) is 67.0 Å². The molecule has 1 saturated heterocycles. The van der Waals surface area contributed by atoms with Crippen molar-refractivity contribution in [2.45, 2.75) is 82.6 Å². The first-order valence-corrected chi connectivity index (χ1v) is 18.2. The van der Waals surface area contributed by atoms with Crippen molar-refractivity contribution in [3.05, 3.63) is 78.2 Å². The zero-order valence-corrected chi connectivity index (χ0v) is 29.1. The smallest absolute Gasteiger partial charge is 0.410 e. The molecule has 2 aromatic carbocycles. The molecule has 1 aliphatic carbocycles. The van der Waals surface area contributed by atoms with Crippen molar-refractivity contribution in [1.29, 1.82) is 0 Å². The van der Waals surface area contributed by atoms with Crippen molar-refractivity contribution in [3.8, 4) is 11.3 Å². The van der Waals surface area contributed by atoms with Crippen LogP contribution < -0.4 is 0 Å². The molecule has 2 amide bonds. The van der Waals surface area contributed by atoms with Crippen LogP contribution in [0.3, 0.4) is 0 Å². The van der Waals surface area contributed by atoms with Crippen molar-refractivity contribution in [1.82, 2.24) is 19.4 Å². The summed E-state index contributed by atoms with van der Waals surface area (Å²) in [5.41, 5.74) is 1.33. The second-order valence-electron chi connectivity index (χ2n) is 13.7. The van der Waals surface area contributed by atoms with Gasteiger partial charge in [-0.2, -0.15) is 11.8 Å². The summed E-state index contributed by atoms with van der Waals surface area (Å²) in [6, 6.07) is 19.3. The van der Waals surface area contributed by atoms with Crippen LogP contribution in [0.4, 0.5) is 4.79 Å². The van der Waals surface area contributed by atoms with Crippen molar-refractivity contribution >= 4 is 23.8 Å². The van der Waals surface area contributed by atoms with Gasteiger partial charge in [0.1, 0.15) is 11.2 Å². The molecule has 0 bridgehead atoms. The number of thioether (sulfide) groups is 1. The average molecular weight is 663 g/mol. The summed E-state index contributed by atoms with van der Waals surface area (Å²) in [6.07, 6.45) is 8.25. The molecule has 2 aliphatic rings. The standard InChI is InChI=1S/C37H50N4O5S/c1-36(2,3)46-35(43)39-20-21-40(30(25-39)24-28-14-7-5-8-15-28)34(42)32-33(29-16-9-6-10-17-29)41(27-38-32)31-18-11-12-19-37(31,44)26-45-22-13-23-47-4/h5-10,14-17,27,30-31,44H,11-13,18-26H2,1-4H3/t30-,31?,37?/m1/s1. The fourth-order valence-corrected chi connectivity index (χ4v) is 7.18. The number of rotatable bonds is 11. The van der Waals surface area contributed by atoms with E-state index in [9.17, 15) is 14.7 Å². The van der Waals surface area contributed by atoms with Gasteiger partial charge in [-0.1, -0.05) is 73.5 Å². The molecule has 0 radical (unpaired) electrons. The number of carbonyl (C=O) groups is 2. The molecule has 2 heterocycles. The Morgan fingerprint density at radius 2 is 1.77 bits per heavy atom. The van der Waals surface area contributed by atoms with E-state index in [1.165, 1.54) is 0 Å². The Labute approximate surface area is 283 Å². The molecule has 10 heteroatoms. The third-order valence-electron chi connectivity index (χ3n) is 9.04. The lowest BCUT2D eigenvalue weighted by molar-refractivity contribution is -0.0989. The quantitative estimate of drug-likeness (QED) is 0.235. The normalized spacial score (nSPS) is 21.9. The van der Waals surface area contributed by atoms with Crippen LogP contribution in [0.1, 0.15) is 75.0 Å². The number of nitrogens with zero attached hydrogens (tertiary/aromatic N) is 4. The van der Waals surface area contributed by atoms with Gasteiger partial charge in [0.2, 0.25) is 0 Å². The zero-order valence-electron chi connectivity index (χ0n) is 28.3. The van der Waals surface area contributed by atoms with E-state index in [1.807, 2.05) is 90.9 Å². The fraction of sp³-hybridized carbons (Fsp3) is 0.541. The molecule has 9 nitrogen and oxygen atoms in total. The van der Waals surface area contributed by atoms with Gasteiger partial charge in [0, 0.05) is 31.8 Å². The number of aromatic nitrogens is 2. The molecule has 1 aliphatic heterocycles. The molecule has 1 N–H and O–H groups in total. The van der Waals surface area contributed by atoms with Crippen molar-refractivity contribution < 1.29 is 24.2 Å². The van der Waals surface area contributed by atoms with E-state index >= 15 is 0 Å². The molecular weight excluding hydrogens is 612 g/mol. The van der Waals surface area contributed by atoms with E-state index in [1.54, 1.807) is 23.0 Å². The number of hydrogen-bond donors (Lipinski definition) is 1. The first kappa shape index (κ1) is 35.0. The SMILES string of the molecule is CSCCCOCC1(O)CCCCC1n1cnc(C(=O)N2CCN(C(=O)OC(C)(C)C)C[C@H]2Cc2ccccc2)c1-c1ccccc1. The number of hydrogen-bond acceptors (Lipinski definition) is 7. The maximum Gasteiger partial charge on any atom is 0.410 e. The van der Waals surface area contributed by atoms with Gasteiger partial charge in [0.05, 0.1) is 30.7 Å². The van der Waals surface area contributed by atoms with E-state index in [-0.39, 0.29) is 30.7 Å². The fourth-order valence-electron chi connectivity index (χ4n) is 6.77. The highest BCUT2D eigenvalue weighted by molar-refractivity contribution is 7.98. The third-order valence-corrected chi connectivity index (χ3v) is 9.73. The van der Waals surface area contributed by atoms with E-state index in [4.69, 9.17) is 14.5 Å². The van der Waals surface area contributed by atoms with Gasteiger partial charge < -0.3 is 28.9 Å². The summed E-state index contributed by atoms with van der Waals surface area (Å²) in [5.74, 6) is 0.838. The topological polar surface area (TPSA) is 97.1 Å². The van der Waals surface area contributed by atoms with Gasteiger partial charge in [-0.3, -0.25) is 4.79 Å². The Balaban J connectivity index is 1.47. The summed E-state index contributed by atoms with van der Waals surface area (Å²) in [6.45, 7) is 7.50. The second-order valence-corrected chi connectivity index (χ2v) is 14.7. The Kier molecular flexibility index (Phi) is 11.7. The Bertz CT molecular complexity index is 1460. The van der Waals surface area contributed by atoms with Crippen molar-refractivity contribution in [2.75, 3.05) is 44.9 Å². The average Bonchev–Trinajstić information content (AvgIpc) is 3.49. The predicted octanol–water partition coefficient (Wildman–Crippen LogP) is 6.47. The molecule has 2 fully saturated rings. The van der Waals surface area contributed by atoms with Crippen LogP contribution >= 0.6 is 11.8 Å². The monoisotopic (exact) mass is 662 g/mol. The molecule has 47 heavy (non-hydrogen) atoms. The molecule has 0 spiro atoms. The summed E-state index contributed by atoms with van der Waals surface area (Å²) in [4.78, 5) is 36.1. The first-order chi connectivity index (χ1) is 22.6. The number of ether oxygens (including phenoxy) is 2. The molecule has 3 atom stereocenters. The maximum atomic E-state index is 14.7. The van der Waals surface area contributed by atoms with Gasteiger partial charge in [0.15, 0.2) is 5.69 Å². The Morgan fingerprint density at radius 1 is 1.04 bits per heavy atom. The van der Waals surface area contributed by atoms with Crippen LogP contribution in [-0.4, -0.2) is 98.6 Å². The number of imidazole rings is 1. The van der Waals surface area contributed by atoms with Gasteiger partial charge >= 0.3 is 6.09 Å². The number of aliphatic hydroxyl groups is 1. The second kappa shape index (κ2) is 15.7. The van der Waals surface area contributed by atoms with Gasteiger partial charge in [-0.25, -0.2) is 9.78 Å². The van der Waals surface area contributed by atoms with Crippen LogP contribution in [0.25, 0.3) is 11.3 Å². The van der Waals surface area contributed by atoms with Crippen LogP contribution in [0.2, 0.25) is 0 Å². The lowest BCUT2D eigenvalue weighted by Crippen LogP contribution is -2.58. The molecule has 254 valence electrons. The number of benzene rings is 2. The van der Waals surface area contributed by atoms with E-state index in [2.05, 4.69) is 6.26 Å². The number of carbonyl (C=O) groups excluding carboxylic acids is 2. The maximum absolute atomic E-state index is 14.7. The van der Waals surface area contributed by atoms with Crippen molar-refractivity contribution in [3.63, 3.8) is 0 Å². The largest absolute Gasteiger partial charge is 0.444 e. The number of piperazine rings is 1. The van der Waals surface area contributed by atoms with Crippen LogP contribution in [-0.2, 0) is 15.9 Å². The van der Waals surface area contributed by atoms with E-state index < -0.39 is 11.2 Å². The zero-order chi connectivity index (χ0) is 33.4. The summed E-state index contributed by atoms with van der Waals surface area (Å²) >= 11 is 1.79. The van der Waals surface area contributed by atoms with Crippen molar-refractivity contribution in [2.24, 2.45) is 0 Å². The van der Waals surface area contributed by atoms with Crippen LogP contribution in [0.5, 0.6) is 0 Å². The highest BCUT2D eigenvalue weighted by atomic mass is 32.2. The van der Waals surface area contributed by atoms with Gasteiger partial charge in [0.25, 0.3) is 5.91 Å². The number of amides is 2. The lowest BCUT2D eigenvalue weighted by Gasteiger charge is -2.42. The predicted molar refractivity (Wildman–Crippen MR) is 187 cm³/mol. The molecule has 1 aromatic heterocycles. The Hall–Kier alpha value is -3.34. The highest BCUT2D eigenvalue weighted by Gasteiger charge is 2.43. The summed E-state index contributed by atoms with van der Waals surface area (Å²) in [7, 11) is 0. The van der Waals surface area contributed by atoms with E-state index in [0.29, 0.717) is 50.5 Å². The van der Waals surface area contributed by atoms with Gasteiger partial charge in [-0.15, -0.1) is 0 Å². The minimum atomic E-state index is -1.07. The third kappa shape index (κ3) is 8.77. The summed E-state index contributed by atoms with van der Waals surface area (Å²) in [5, 5.41) is 12.1. The van der Waals surface area contributed by atoms with Gasteiger partial charge in [-0.05, 0) is 64.0 Å². The molecule has 5 rings (SSSR count). The highest BCUT2D eigenvalue weighted by Crippen LogP contribution is 2.41. The molecule has 3 aromatic rings. The minimum absolute atomic E-state index is 0.181. The molecule has 1 saturated carbocycles. The lowest BCUT2D eigenvalue weighted by atomic mass is 9.80. The first-order valence-electron chi connectivity index (χ1n) is 16.8. The van der Waals surface area contributed by atoms with Crippen LogP contribution in [0, 0.1) is 0 Å².